The van der Waals surface area contributed by atoms with Gasteiger partial charge in [0.15, 0.2) is 0 Å². The van der Waals surface area contributed by atoms with Crippen molar-refractivity contribution < 1.29 is 13.7 Å². The standard InChI is InChI=1S/C26H41N3O3S/c1-7-10-13-23(5)24(8-2)14-11-12-22(4)21-28(6)17-18-29(9-3)33(31)26(25(27)30)15-19-32-20-16-26/h7-8,10,12-14H,4,9,15-21H2,1-3,5-6H3,(H2,27,30)/b10-7-,23-13+,24-8+. The average Bonchev–Trinajstić information content (AvgIpc) is 2.80. The highest BCUT2D eigenvalue weighted by Gasteiger charge is 2.46. The minimum atomic E-state index is -1.49. The van der Waals surface area contributed by atoms with Crippen molar-refractivity contribution in [1.29, 1.82) is 0 Å². The molecule has 1 aliphatic rings. The Labute approximate surface area is 202 Å². The summed E-state index contributed by atoms with van der Waals surface area (Å²) in [6, 6.07) is 0. The first kappa shape index (κ1) is 29.0. The van der Waals surface area contributed by atoms with Crippen LogP contribution in [0.3, 0.4) is 0 Å². The first-order valence-corrected chi connectivity index (χ1v) is 12.6. The number of nitrogens with zero attached hydrogens (tertiary/aromatic N) is 2. The van der Waals surface area contributed by atoms with E-state index in [1.807, 2.05) is 56.4 Å². The number of amides is 1. The molecule has 1 heterocycles. The fraction of sp³-hybridized carbons (Fsp3) is 0.538. The number of carbonyl (C=O) groups excluding carboxylic acids is 1. The van der Waals surface area contributed by atoms with E-state index in [0.717, 1.165) is 11.1 Å². The van der Waals surface area contributed by atoms with Gasteiger partial charge in [-0.05, 0) is 69.5 Å². The summed E-state index contributed by atoms with van der Waals surface area (Å²) in [5.74, 6) is -0.502. The summed E-state index contributed by atoms with van der Waals surface area (Å²) >= 11 is 0. The van der Waals surface area contributed by atoms with Crippen LogP contribution in [0.15, 0.2) is 65.5 Å². The molecule has 0 bridgehead atoms. The number of likely N-dealkylation sites (N-methyl/N-ethyl adjacent to an activating group) is 2. The van der Waals surface area contributed by atoms with Crippen LogP contribution >= 0.6 is 0 Å². The topological polar surface area (TPSA) is 75.9 Å². The van der Waals surface area contributed by atoms with Gasteiger partial charge in [-0.2, -0.15) is 0 Å². The minimum absolute atomic E-state index is 0.396. The zero-order chi connectivity index (χ0) is 24.9. The van der Waals surface area contributed by atoms with Crippen LogP contribution in [0.2, 0.25) is 0 Å². The van der Waals surface area contributed by atoms with Gasteiger partial charge in [0.25, 0.3) is 0 Å². The molecule has 0 saturated carbocycles. The normalized spacial score (nSPS) is 17.8. The van der Waals surface area contributed by atoms with Crippen molar-refractivity contribution in [1.82, 2.24) is 9.21 Å². The fourth-order valence-electron chi connectivity index (χ4n) is 3.58. The van der Waals surface area contributed by atoms with E-state index in [1.165, 1.54) is 5.57 Å². The Morgan fingerprint density at radius 3 is 2.45 bits per heavy atom. The van der Waals surface area contributed by atoms with Gasteiger partial charge >= 0.3 is 0 Å². The van der Waals surface area contributed by atoms with E-state index in [4.69, 9.17) is 10.5 Å². The predicted octanol–water partition coefficient (Wildman–Crippen LogP) is 3.67. The lowest BCUT2D eigenvalue weighted by molar-refractivity contribution is -0.122. The largest absolute Gasteiger partial charge is 0.381 e. The van der Waals surface area contributed by atoms with Crippen LogP contribution in [0.5, 0.6) is 0 Å². The zero-order valence-corrected chi connectivity index (χ0v) is 21.7. The summed E-state index contributed by atoms with van der Waals surface area (Å²) in [6.07, 6.45) is 12.8. The van der Waals surface area contributed by atoms with Crippen molar-refractivity contribution in [3.8, 4) is 0 Å². The van der Waals surface area contributed by atoms with Crippen LogP contribution in [-0.2, 0) is 20.5 Å². The number of carbonyl (C=O) groups is 1. The quantitative estimate of drug-likeness (QED) is 0.326. The summed E-state index contributed by atoms with van der Waals surface area (Å²) < 4.78 is 19.5. The minimum Gasteiger partial charge on any atom is -0.381 e. The third-order valence-electron chi connectivity index (χ3n) is 5.71. The molecule has 184 valence electrons. The number of primary amides is 1. The summed E-state index contributed by atoms with van der Waals surface area (Å²) in [6.45, 7) is 15.5. The van der Waals surface area contributed by atoms with E-state index in [-0.39, 0.29) is 0 Å². The second kappa shape index (κ2) is 15.0. The molecule has 1 atom stereocenters. The molecule has 1 unspecified atom stereocenters. The molecule has 1 amide bonds. The van der Waals surface area contributed by atoms with E-state index in [2.05, 4.69) is 36.3 Å². The van der Waals surface area contributed by atoms with E-state index < -0.39 is 21.6 Å². The van der Waals surface area contributed by atoms with Gasteiger partial charge < -0.3 is 15.4 Å². The van der Waals surface area contributed by atoms with Crippen molar-refractivity contribution in [3.05, 3.63) is 65.5 Å². The third kappa shape index (κ3) is 9.03. The molecule has 0 aromatic heterocycles. The van der Waals surface area contributed by atoms with Crippen molar-refractivity contribution in [2.45, 2.75) is 45.3 Å². The van der Waals surface area contributed by atoms with Crippen LogP contribution in [0, 0.1) is 0 Å². The predicted molar refractivity (Wildman–Crippen MR) is 139 cm³/mol. The molecule has 2 N–H and O–H groups in total. The molecule has 1 rings (SSSR count). The molecule has 33 heavy (non-hydrogen) atoms. The maximum Gasteiger partial charge on any atom is 0.237 e. The lowest BCUT2D eigenvalue weighted by atomic mass is 9.98. The van der Waals surface area contributed by atoms with Crippen molar-refractivity contribution >= 4 is 16.9 Å². The Hall–Kier alpha value is -2.02. The highest BCUT2D eigenvalue weighted by molar-refractivity contribution is 7.85. The van der Waals surface area contributed by atoms with Crippen molar-refractivity contribution in [2.75, 3.05) is 46.4 Å². The van der Waals surface area contributed by atoms with Gasteiger partial charge in [-0.25, -0.2) is 8.51 Å². The maximum atomic E-state index is 13.3. The molecule has 0 aliphatic carbocycles. The first-order valence-electron chi connectivity index (χ1n) is 11.5. The molecule has 0 aromatic rings. The van der Waals surface area contributed by atoms with E-state index in [0.29, 0.717) is 52.2 Å². The first-order chi connectivity index (χ1) is 15.7. The smallest absolute Gasteiger partial charge is 0.237 e. The molecule has 0 spiro atoms. The molecule has 0 aromatic carbocycles. The number of allylic oxidation sites excluding steroid dienone is 6. The Bertz CT molecular complexity index is 845. The lowest BCUT2D eigenvalue weighted by Crippen LogP contribution is -2.56. The molecular formula is C26H41N3O3S. The number of nitrogens with two attached hydrogens (primary N) is 1. The van der Waals surface area contributed by atoms with Gasteiger partial charge in [0.05, 0.1) is 0 Å². The zero-order valence-electron chi connectivity index (χ0n) is 20.9. The highest BCUT2D eigenvalue weighted by Crippen LogP contribution is 2.29. The van der Waals surface area contributed by atoms with E-state index in [1.54, 1.807) is 0 Å². The molecule has 1 fully saturated rings. The Balaban J connectivity index is 2.69. The second-order valence-electron chi connectivity index (χ2n) is 8.21. The summed E-state index contributed by atoms with van der Waals surface area (Å²) in [7, 11) is 0.507. The lowest BCUT2D eigenvalue weighted by Gasteiger charge is -2.37. The van der Waals surface area contributed by atoms with Crippen LogP contribution in [-0.4, -0.2) is 70.5 Å². The Morgan fingerprint density at radius 2 is 1.91 bits per heavy atom. The van der Waals surface area contributed by atoms with Crippen LogP contribution in [0.25, 0.3) is 0 Å². The van der Waals surface area contributed by atoms with Gasteiger partial charge in [-0.15, -0.1) is 5.73 Å². The third-order valence-corrected chi connectivity index (χ3v) is 7.89. The molecule has 1 saturated heterocycles. The fourth-order valence-corrected chi connectivity index (χ4v) is 5.24. The number of ether oxygens (including phenoxy) is 1. The Kier molecular flexibility index (Phi) is 13.2. The molecule has 6 nitrogen and oxygen atoms in total. The molecule has 7 heteroatoms. The van der Waals surface area contributed by atoms with Crippen molar-refractivity contribution in [2.24, 2.45) is 5.73 Å². The van der Waals surface area contributed by atoms with Crippen LogP contribution in [0.1, 0.15) is 40.5 Å². The monoisotopic (exact) mass is 475 g/mol. The molecular weight excluding hydrogens is 434 g/mol. The number of rotatable bonds is 13. The SMILES string of the molecule is C=C(C=C=CC(=C\C)/C(C)=C/C=C\C)CN(C)CCN(CC)S(=O)C1(C(N)=O)CCOCC1. The van der Waals surface area contributed by atoms with Gasteiger partial charge in [0, 0.05) is 39.4 Å². The summed E-state index contributed by atoms with van der Waals surface area (Å²) in [5.41, 5.74) is 12.1. The van der Waals surface area contributed by atoms with Crippen molar-refractivity contribution in [3.63, 3.8) is 0 Å². The van der Waals surface area contributed by atoms with Gasteiger partial charge in [-0.1, -0.05) is 37.8 Å². The number of hydrogen-bond acceptors (Lipinski definition) is 4. The summed E-state index contributed by atoms with van der Waals surface area (Å²) in [4.78, 5) is 14.3. The molecule has 1 aliphatic heterocycles. The maximum absolute atomic E-state index is 13.3. The summed E-state index contributed by atoms with van der Waals surface area (Å²) in [5, 5.41) is 0. The second-order valence-corrected chi connectivity index (χ2v) is 10.0. The van der Waals surface area contributed by atoms with Crippen LogP contribution < -0.4 is 5.73 Å². The molecule has 0 radical (unpaired) electrons. The average molecular weight is 476 g/mol. The van der Waals surface area contributed by atoms with Gasteiger partial charge in [0.2, 0.25) is 5.91 Å². The Morgan fingerprint density at radius 1 is 1.24 bits per heavy atom. The van der Waals surface area contributed by atoms with E-state index in [9.17, 15) is 9.00 Å². The van der Waals surface area contributed by atoms with Gasteiger partial charge in [-0.3, -0.25) is 4.79 Å². The highest BCUT2D eigenvalue weighted by atomic mass is 32.2. The van der Waals surface area contributed by atoms with Crippen LogP contribution in [0.4, 0.5) is 0 Å². The van der Waals surface area contributed by atoms with E-state index >= 15 is 0 Å². The van der Waals surface area contributed by atoms with Gasteiger partial charge in [0.1, 0.15) is 15.7 Å². The number of hydrogen-bond donors (Lipinski definition) is 1.